The first kappa shape index (κ1) is 20.7. The van der Waals surface area contributed by atoms with E-state index >= 15 is 0 Å². The second kappa shape index (κ2) is 8.37. The lowest BCUT2D eigenvalue weighted by Crippen LogP contribution is -2.43. The molecule has 7 nitrogen and oxygen atoms in total. The van der Waals surface area contributed by atoms with Crippen molar-refractivity contribution < 1.29 is 9.59 Å². The minimum atomic E-state index is -0.364. The zero-order valence-corrected chi connectivity index (χ0v) is 18.5. The van der Waals surface area contributed by atoms with Gasteiger partial charge in [-0.1, -0.05) is 12.1 Å². The van der Waals surface area contributed by atoms with E-state index in [9.17, 15) is 9.59 Å². The van der Waals surface area contributed by atoms with Crippen LogP contribution in [0.5, 0.6) is 0 Å². The van der Waals surface area contributed by atoms with Crippen LogP contribution >= 0.6 is 11.8 Å². The van der Waals surface area contributed by atoms with Crippen molar-refractivity contribution in [2.45, 2.75) is 25.8 Å². The number of aryl methyl sites for hydroxylation is 1. The van der Waals surface area contributed by atoms with Crippen molar-refractivity contribution in [2.24, 2.45) is 5.73 Å². The Morgan fingerprint density at radius 1 is 1.22 bits per heavy atom. The maximum atomic E-state index is 11.9. The first-order valence-corrected chi connectivity index (χ1v) is 11.4. The number of piperidine rings is 1. The summed E-state index contributed by atoms with van der Waals surface area (Å²) in [5, 5.41) is 11.3. The molecule has 1 atom stereocenters. The summed E-state index contributed by atoms with van der Waals surface area (Å²) in [5.74, 6) is -0.364. The average molecular weight is 446 g/mol. The first-order valence-electron chi connectivity index (χ1n) is 10.6. The SMILES string of the molecule is Cc1cc(-c2cnnc3ccc(C=C4SC(=O)NC4=O)cc23)ccc1N1CCC[C@@H](N)C1. The van der Waals surface area contributed by atoms with E-state index in [2.05, 4.69) is 45.5 Å². The molecule has 0 saturated carbocycles. The molecule has 2 saturated heterocycles. The Kier molecular flexibility index (Phi) is 5.40. The second-order valence-electron chi connectivity index (χ2n) is 8.24. The summed E-state index contributed by atoms with van der Waals surface area (Å²) < 4.78 is 0. The fraction of sp³-hybridized carbons (Fsp3) is 0.250. The van der Waals surface area contributed by atoms with E-state index < -0.39 is 0 Å². The molecule has 3 heterocycles. The number of thioether (sulfide) groups is 1. The number of amides is 2. The Balaban J connectivity index is 1.52. The third-order valence-corrected chi connectivity index (χ3v) is 6.72. The van der Waals surface area contributed by atoms with Crippen molar-refractivity contribution in [1.29, 1.82) is 0 Å². The highest BCUT2D eigenvalue weighted by Gasteiger charge is 2.25. The maximum absolute atomic E-state index is 11.9. The molecule has 5 rings (SSSR count). The van der Waals surface area contributed by atoms with Gasteiger partial charge in [-0.2, -0.15) is 10.2 Å². The summed E-state index contributed by atoms with van der Waals surface area (Å²) >= 11 is 0.912. The lowest BCUT2D eigenvalue weighted by Gasteiger charge is -2.33. The van der Waals surface area contributed by atoms with Crippen molar-refractivity contribution in [3.63, 3.8) is 0 Å². The molecule has 0 unspecified atom stereocenters. The van der Waals surface area contributed by atoms with Gasteiger partial charge in [0, 0.05) is 35.8 Å². The van der Waals surface area contributed by atoms with Crippen molar-refractivity contribution in [3.8, 4) is 11.1 Å². The van der Waals surface area contributed by atoms with Gasteiger partial charge in [0.1, 0.15) is 0 Å². The largest absolute Gasteiger partial charge is 0.370 e. The molecular formula is C24H23N5O2S. The van der Waals surface area contributed by atoms with Crippen LogP contribution in [0.2, 0.25) is 0 Å². The molecule has 32 heavy (non-hydrogen) atoms. The van der Waals surface area contributed by atoms with Gasteiger partial charge in [-0.3, -0.25) is 14.9 Å². The molecule has 2 aromatic carbocycles. The van der Waals surface area contributed by atoms with Gasteiger partial charge in [0.25, 0.3) is 11.1 Å². The quantitative estimate of drug-likeness (QED) is 0.591. The summed E-state index contributed by atoms with van der Waals surface area (Å²) in [6.45, 7) is 4.03. The Morgan fingerprint density at radius 3 is 2.84 bits per heavy atom. The number of fused-ring (bicyclic) bond motifs is 1. The molecule has 3 aromatic rings. The number of nitrogens with two attached hydrogens (primary N) is 1. The number of carbonyl (C=O) groups excluding carboxylic acids is 2. The summed E-state index contributed by atoms with van der Waals surface area (Å²) in [4.78, 5) is 26.1. The van der Waals surface area contributed by atoms with Crippen molar-refractivity contribution in [2.75, 3.05) is 18.0 Å². The Labute approximate surface area is 190 Å². The topological polar surface area (TPSA) is 101 Å². The molecule has 2 fully saturated rings. The van der Waals surface area contributed by atoms with Gasteiger partial charge >= 0.3 is 0 Å². The first-order chi connectivity index (χ1) is 15.5. The maximum Gasteiger partial charge on any atom is 0.290 e. The van der Waals surface area contributed by atoms with Gasteiger partial charge in [0.05, 0.1) is 16.6 Å². The summed E-state index contributed by atoms with van der Waals surface area (Å²) in [5.41, 5.74) is 12.2. The molecule has 3 N–H and O–H groups in total. The Hall–Kier alpha value is -3.23. The van der Waals surface area contributed by atoms with Crippen LogP contribution in [0.15, 0.2) is 47.5 Å². The van der Waals surface area contributed by atoms with E-state index in [0.29, 0.717) is 4.91 Å². The average Bonchev–Trinajstić information content (AvgIpc) is 3.09. The number of hydrogen-bond donors (Lipinski definition) is 2. The lowest BCUT2D eigenvalue weighted by atomic mass is 9.98. The van der Waals surface area contributed by atoms with Crippen LogP contribution in [-0.2, 0) is 4.79 Å². The molecule has 2 aliphatic rings. The minimum absolute atomic E-state index is 0.221. The number of imide groups is 1. The summed E-state index contributed by atoms with van der Waals surface area (Å²) in [7, 11) is 0. The number of hydrogen-bond acceptors (Lipinski definition) is 7. The van der Waals surface area contributed by atoms with Crippen LogP contribution in [0.3, 0.4) is 0 Å². The van der Waals surface area contributed by atoms with Crippen molar-refractivity contribution >= 4 is 45.6 Å². The van der Waals surface area contributed by atoms with Crippen LogP contribution in [0.1, 0.15) is 24.0 Å². The lowest BCUT2D eigenvalue weighted by molar-refractivity contribution is -0.115. The van der Waals surface area contributed by atoms with E-state index in [1.54, 1.807) is 12.3 Å². The van der Waals surface area contributed by atoms with Crippen LogP contribution in [0.4, 0.5) is 10.5 Å². The van der Waals surface area contributed by atoms with E-state index in [4.69, 9.17) is 5.73 Å². The van der Waals surface area contributed by atoms with E-state index in [1.165, 1.54) is 11.3 Å². The predicted octanol–water partition coefficient (Wildman–Crippen LogP) is 3.86. The highest BCUT2D eigenvalue weighted by Crippen LogP contribution is 2.33. The highest BCUT2D eigenvalue weighted by molar-refractivity contribution is 8.18. The summed E-state index contributed by atoms with van der Waals surface area (Å²) in [6.07, 6.45) is 5.68. The molecule has 162 valence electrons. The predicted molar refractivity (Wildman–Crippen MR) is 128 cm³/mol. The van der Waals surface area contributed by atoms with E-state index in [0.717, 1.165) is 65.3 Å². The van der Waals surface area contributed by atoms with E-state index in [-0.39, 0.29) is 17.2 Å². The standard InChI is InChI=1S/C24H23N5O2S/c1-14-9-16(5-7-21(14)29-8-2-3-17(25)13-29)19-12-26-28-20-6-4-15(10-18(19)20)11-22-23(30)27-24(31)32-22/h4-7,9-12,17H,2-3,8,13,25H2,1H3,(H,27,30,31)/t17-/m1/s1. The van der Waals surface area contributed by atoms with Crippen LogP contribution < -0.4 is 16.0 Å². The van der Waals surface area contributed by atoms with Gasteiger partial charge in [0.15, 0.2) is 0 Å². The molecule has 0 radical (unpaired) electrons. The van der Waals surface area contributed by atoms with Gasteiger partial charge in [-0.25, -0.2) is 0 Å². The number of aromatic nitrogens is 2. The normalized spacial score (nSPS) is 20.2. The van der Waals surface area contributed by atoms with Crippen LogP contribution in [0.25, 0.3) is 28.1 Å². The number of carbonyl (C=O) groups is 2. The Morgan fingerprint density at radius 2 is 2.09 bits per heavy atom. The number of anilines is 1. The zero-order chi connectivity index (χ0) is 22.2. The molecule has 8 heteroatoms. The molecule has 2 aliphatic heterocycles. The Bertz CT molecular complexity index is 1270. The molecule has 0 spiro atoms. The molecule has 1 aromatic heterocycles. The van der Waals surface area contributed by atoms with Crippen molar-refractivity contribution in [1.82, 2.24) is 15.5 Å². The molecule has 2 amide bonds. The molecule has 0 bridgehead atoms. The zero-order valence-electron chi connectivity index (χ0n) is 17.7. The second-order valence-corrected chi connectivity index (χ2v) is 9.25. The third-order valence-electron chi connectivity index (χ3n) is 5.91. The van der Waals surface area contributed by atoms with Gasteiger partial charge in [-0.15, -0.1) is 0 Å². The highest BCUT2D eigenvalue weighted by atomic mass is 32.2. The number of nitrogens with one attached hydrogen (secondary N) is 1. The number of benzene rings is 2. The fourth-order valence-corrected chi connectivity index (χ4v) is 5.06. The van der Waals surface area contributed by atoms with Gasteiger partial charge < -0.3 is 10.6 Å². The smallest absolute Gasteiger partial charge is 0.290 e. The minimum Gasteiger partial charge on any atom is -0.370 e. The molecular weight excluding hydrogens is 422 g/mol. The summed E-state index contributed by atoms with van der Waals surface area (Å²) in [6, 6.07) is 12.4. The van der Waals surface area contributed by atoms with Crippen molar-refractivity contribution in [3.05, 3.63) is 58.6 Å². The monoisotopic (exact) mass is 445 g/mol. The number of rotatable bonds is 3. The van der Waals surface area contributed by atoms with Gasteiger partial charge in [-0.05, 0) is 78.6 Å². The van der Waals surface area contributed by atoms with Crippen LogP contribution in [0, 0.1) is 6.92 Å². The van der Waals surface area contributed by atoms with Gasteiger partial charge in [0.2, 0.25) is 0 Å². The van der Waals surface area contributed by atoms with E-state index in [1.807, 2.05) is 18.2 Å². The third kappa shape index (κ3) is 3.99. The number of nitrogens with zero attached hydrogens (tertiary/aromatic N) is 3. The fourth-order valence-electron chi connectivity index (χ4n) is 4.37. The molecule has 0 aliphatic carbocycles. The van der Waals surface area contributed by atoms with Crippen LogP contribution in [-0.4, -0.2) is 40.5 Å².